The van der Waals surface area contributed by atoms with E-state index in [1.54, 1.807) is 18.0 Å². The van der Waals surface area contributed by atoms with Crippen molar-refractivity contribution in [2.75, 3.05) is 12.3 Å². The van der Waals surface area contributed by atoms with Gasteiger partial charge in [-0.2, -0.15) is 0 Å². The van der Waals surface area contributed by atoms with Crippen LogP contribution in [0.4, 0.5) is 5.69 Å². The minimum absolute atomic E-state index is 0.0417. The van der Waals surface area contributed by atoms with Crippen LogP contribution in [0.2, 0.25) is 0 Å². The summed E-state index contributed by atoms with van der Waals surface area (Å²) in [5, 5.41) is 3.58. The molecule has 3 aromatic rings. The molecule has 1 fully saturated rings. The molecule has 2 aromatic heterocycles. The van der Waals surface area contributed by atoms with Crippen molar-refractivity contribution < 1.29 is 4.79 Å². The smallest absolute Gasteiger partial charge is 0.234 e. The van der Waals surface area contributed by atoms with Crippen LogP contribution in [0.5, 0.6) is 0 Å². The second-order valence-electron chi connectivity index (χ2n) is 6.92. The number of carbonyl (C=O) groups is 1. The van der Waals surface area contributed by atoms with Gasteiger partial charge in [-0.3, -0.25) is 14.7 Å². The van der Waals surface area contributed by atoms with Gasteiger partial charge in [0.1, 0.15) is 5.01 Å². The maximum atomic E-state index is 13.1. The topological polar surface area (TPSA) is 58.5 Å². The van der Waals surface area contributed by atoms with Gasteiger partial charge in [-0.05, 0) is 43.5 Å². The largest absolute Gasteiger partial charge is 0.291 e. The summed E-state index contributed by atoms with van der Waals surface area (Å²) in [4.78, 5) is 28.7. The Morgan fingerprint density at radius 2 is 2.00 bits per heavy atom. The van der Waals surface area contributed by atoms with Crippen LogP contribution in [-0.4, -0.2) is 38.2 Å². The number of aryl methyl sites for hydroxylation is 2. The van der Waals surface area contributed by atoms with Gasteiger partial charge in [-0.15, -0.1) is 11.3 Å². The lowest BCUT2D eigenvalue weighted by atomic mass is 10.1. The molecule has 29 heavy (non-hydrogen) atoms. The van der Waals surface area contributed by atoms with Gasteiger partial charge in [0.05, 0.1) is 23.5 Å². The Labute approximate surface area is 178 Å². The molecular formula is C22H22N4OS2. The van der Waals surface area contributed by atoms with Gasteiger partial charge in [0.15, 0.2) is 5.17 Å². The van der Waals surface area contributed by atoms with Crippen LogP contribution in [-0.2, 0) is 11.2 Å². The highest BCUT2D eigenvalue weighted by Crippen LogP contribution is 2.28. The second kappa shape index (κ2) is 8.88. The molecule has 4 rings (SSSR count). The van der Waals surface area contributed by atoms with Crippen molar-refractivity contribution in [3.63, 3.8) is 0 Å². The van der Waals surface area contributed by atoms with Crippen LogP contribution in [0, 0.1) is 13.8 Å². The molecule has 5 nitrogen and oxygen atoms in total. The van der Waals surface area contributed by atoms with Crippen LogP contribution in [0.3, 0.4) is 0 Å². The summed E-state index contributed by atoms with van der Waals surface area (Å²) in [6.45, 7) is 4.81. The van der Waals surface area contributed by atoms with Gasteiger partial charge in [0.25, 0.3) is 0 Å². The first-order chi connectivity index (χ1) is 14.1. The van der Waals surface area contributed by atoms with Crippen molar-refractivity contribution >= 4 is 39.9 Å². The Morgan fingerprint density at radius 1 is 1.17 bits per heavy atom. The van der Waals surface area contributed by atoms with Gasteiger partial charge in [-0.1, -0.05) is 36.0 Å². The lowest BCUT2D eigenvalue weighted by Gasteiger charge is -2.28. The molecule has 0 spiro atoms. The standard InChI is InChI=1S/C22H22N4OS2/c1-15-7-5-8-16(2)20(15)25-22-26(11-6-12-28-22)19(27)13-17-14-29-21(24-17)18-9-3-4-10-23-18/h3-5,7-10,14H,6,11-13H2,1-2H3. The van der Waals surface area contributed by atoms with E-state index in [4.69, 9.17) is 4.99 Å². The van der Waals surface area contributed by atoms with E-state index in [0.717, 1.165) is 50.6 Å². The summed E-state index contributed by atoms with van der Waals surface area (Å²) in [6, 6.07) is 11.9. The monoisotopic (exact) mass is 422 g/mol. The first-order valence-electron chi connectivity index (χ1n) is 9.55. The van der Waals surface area contributed by atoms with Crippen molar-refractivity contribution in [3.05, 3.63) is 64.8 Å². The molecule has 0 saturated carbocycles. The number of amidine groups is 1. The number of benzene rings is 1. The highest BCUT2D eigenvalue weighted by Gasteiger charge is 2.25. The predicted molar refractivity (Wildman–Crippen MR) is 121 cm³/mol. The number of hydrogen-bond donors (Lipinski definition) is 0. The van der Waals surface area contributed by atoms with Crippen molar-refractivity contribution in [1.29, 1.82) is 0 Å². The summed E-state index contributed by atoms with van der Waals surface area (Å²) >= 11 is 3.17. The molecule has 0 radical (unpaired) electrons. The average Bonchev–Trinajstić information content (AvgIpc) is 3.20. The first kappa shape index (κ1) is 19.8. The van der Waals surface area contributed by atoms with Crippen LogP contribution >= 0.6 is 23.1 Å². The van der Waals surface area contributed by atoms with Gasteiger partial charge in [-0.25, -0.2) is 9.98 Å². The zero-order chi connectivity index (χ0) is 20.2. The number of aliphatic imine (C=N–C) groups is 1. The van der Waals surface area contributed by atoms with Gasteiger partial charge < -0.3 is 0 Å². The third-order valence-corrected chi connectivity index (χ3v) is 6.68. The fourth-order valence-corrected chi connectivity index (χ4v) is 4.96. The molecule has 3 heterocycles. The normalized spacial score (nSPS) is 15.7. The highest BCUT2D eigenvalue weighted by molar-refractivity contribution is 8.13. The van der Waals surface area contributed by atoms with E-state index in [9.17, 15) is 4.79 Å². The van der Waals surface area contributed by atoms with E-state index in [0.29, 0.717) is 6.54 Å². The third-order valence-electron chi connectivity index (χ3n) is 4.70. The lowest BCUT2D eigenvalue weighted by Crippen LogP contribution is -2.40. The molecule has 148 valence electrons. The van der Waals surface area contributed by atoms with Crippen LogP contribution in [0.25, 0.3) is 10.7 Å². The van der Waals surface area contributed by atoms with Gasteiger partial charge in [0.2, 0.25) is 5.91 Å². The van der Waals surface area contributed by atoms with E-state index >= 15 is 0 Å². The summed E-state index contributed by atoms with van der Waals surface area (Å²) in [5.74, 6) is 1.02. The van der Waals surface area contributed by atoms with Crippen molar-refractivity contribution in [3.8, 4) is 10.7 Å². The number of carbonyl (C=O) groups excluding carboxylic acids is 1. The van der Waals surface area contributed by atoms with Gasteiger partial charge in [0, 0.05) is 23.9 Å². The SMILES string of the molecule is Cc1cccc(C)c1N=C1SCCCN1C(=O)Cc1csc(-c2ccccn2)n1. The molecule has 1 amide bonds. The minimum Gasteiger partial charge on any atom is -0.291 e. The summed E-state index contributed by atoms with van der Waals surface area (Å²) in [5.41, 5.74) is 4.82. The van der Waals surface area contributed by atoms with Crippen LogP contribution in [0.1, 0.15) is 23.2 Å². The first-order valence-corrected chi connectivity index (χ1v) is 11.4. The third kappa shape index (κ3) is 4.57. The Bertz CT molecular complexity index is 1030. The van der Waals surface area contributed by atoms with Crippen molar-refractivity contribution in [1.82, 2.24) is 14.9 Å². The molecule has 1 aliphatic heterocycles. The molecule has 0 unspecified atom stereocenters. The molecule has 7 heteroatoms. The molecule has 1 saturated heterocycles. The van der Waals surface area contributed by atoms with E-state index in [2.05, 4.69) is 35.9 Å². The minimum atomic E-state index is 0.0417. The molecule has 0 bridgehead atoms. The predicted octanol–water partition coefficient (Wildman–Crippen LogP) is 5.02. The number of aromatic nitrogens is 2. The Hall–Kier alpha value is -2.51. The van der Waals surface area contributed by atoms with E-state index in [1.165, 1.54) is 11.3 Å². The lowest BCUT2D eigenvalue weighted by molar-refractivity contribution is -0.126. The number of nitrogens with zero attached hydrogens (tertiary/aromatic N) is 4. The fourth-order valence-electron chi connectivity index (χ4n) is 3.21. The number of pyridine rings is 1. The molecule has 1 aliphatic rings. The van der Waals surface area contributed by atoms with Crippen molar-refractivity contribution in [2.45, 2.75) is 26.7 Å². The zero-order valence-corrected chi connectivity index (χ0v) is 18.1. The molecule has 0 aliphatic carbocycles. The van der Waals surface area contributed by atoms with E-state index in [1.807, 2.05) is 34.5 Å². The number of thiazole rings is 1. The molecular weight excluding hydrogens is 400 g/mol. The molecule has 0 atom stereocenters. The van der Waals surface area contributed by atoms with Gasteiger partial charge >= 0.3 is 0 Å². The Balaban J connectivity index is 1.54. The quantitative estimate of drug-likeness (QED) is 0.592. The number of amides is 1. The van der Waals surface area contributed by atoms with E-state index < -0.39 is 0 Å². The maximum Gasteiger partial charge on any atom is 0.234 e. The summed E-state index contributed by atoms with van der Waals surface area (Å²) < 4.78 is 0. The summed E-state index contributed by atoms with van der Waals surface area (Å²) in [7, 11) is 0. The fraction of sp³-hybridized carbons (Fsp3) is 0.273. The number of rotatable bonds is 4. The maximum absolute atomic E-state index is 13.1. The molecule has 1 aromatic carbocycles. The number of para-hydroxylation sites is 1. The highest BCUT2D eigenvalue weighted by atomic mass is 32.2. The molecule has 0 N–H and O–H groups in total. The average molecular weight is 423 g/mol. The second-order valence-corrected chi connectivity index (χ2v) is 8.84. The van der Waals surface area contributed by atoms with Crippen molar-refractivity contribution in [2.24, 2.45) is 4.99 Å². The number of hydrogen-bond acceptors (Lipinski definition) is 6. The van der Waals surface area contributed by atoms with Crippen LogP contribution in [0.15, 0.2) is 53.0 Å². The Morgan fingerprint density at radius 3 is 2.76 bits per heavy atom. The Kier molecular flexibility index (Phi) is 6.06. The van der Waals surface area contributed by atoms with E-state index in [-0.39, 0.29) is 12.3 Å². The number of thioether (sulfide) groups is 1. The zero-order valence-electron chi connectivity index (χ0n) is 16.5. The summed E-state index contributed by atoms with van der Waals surface area (Å²) in [6.07, 6.45) is 3.00. The van der Waals surface area contributed by atoms with Crippen LogP contribution < -0.4 is 0 Å².